The molecule has 2 aromatic carbocycles. The monoisotopic (exact) mass is 307 g/mol. The van der Waals surface area contributed by atoms with Crippen LogP contribution in [0.15, 0.2) is 59.7 Å². The second kappa shape index (κ2) is 5.42. The van der Waals surface area contributed by atoms with E-state index in [0.29, 0.717) is 22.7 Å². The molecular weight excluding hydrogens is 298 g/mol. The molecule has 4 rings (SSSR count). The zero-order valence-corrected chi connectivity index (χ0v) is 12.4. The topological polar surface area (TPSA) is 85.7 Å². The minimum Gasteiger partial charge on any atom is -0.252 e. The van der Waals surface area contributed by atoms with Crippen LogP contribution in [-0.4, -0.2) is 15.7 Å². The Morgan fingerprint density at radius 1 is 0.875 bits per heavy atom. The molecule has 24 heavy (non-hydrogen) atoms. The summed E-state index contributed by atoms with van der Waals surface area (Å²) in [6.45, 7) is 0. The Hall–Kier alpha value is -3.83. The van der Waals surface area contributed by atoms with Crippen molar-refractivity contribution in [2.45, 2.75) is 0 Å². The number of rotatable bonds is 1. The lowest BCUT2D eigenvalue weighted by Gasteiger charge is -2.04. The van der Waals surface area contributed by atoms with E-state index in [9.17, 15) is 0 Å². The second-order valence-corrected chi connectivity index (χ2v) is 5.25. The number of aromatic nitrogens is 2. The number of nitriles is 2. The summed E-state index contributed by atoms with van der Waals surface area (Å²) in [4.78, 5) is 13.1. The van der Waals surface area contributed by atoms with Gasteiger partial charge in [0, 0.05) is 16.7 Å². The van der Waals surface area contributed by atoms with Crippen molar-refractivity contribution in [1.82, 2.24) is 9.97 Å². The Labute approximate surface area is 138 Å². The van der Waals surface area contributed by atoms with E-state index in [2.05, 4.69) is 21.0 Å². The SMILES string of the molecule is N#C/N=C1\c2ccccc2-c2ncc(-c3ccc(C#N)cc3)nc21. The third kappa shape index (κ3) is 2.05. The summed E-state index contributed by atoms with van der Waals surface area (Å²) in [5.74, 6) is 0. The Bertz CT molecular complexity index is 1070. The van der Waals surface area contributed by atoms with Gasteiger partial charge >= 0.3 is 0 Å². The first kappa shape index (κ1) is 13.8. The first-order chi connectivity index (χ1) is 11.8. The molecule has 5 heteroatoms. The van der Waals surface area contributed by atoms with Gasteiger partial charge in [-0.05, 0) is 12.1 Å². The van der Waals surface area contributed by atoms with Crippen LogP contribution < -0.4 is 0 Å². The molecular formula is C19H9N5. The Morgan fingerprint density at radius 2 is 1.62 bits per heavy atom. The largest absolute Gasteiger partial charge is 0.252 e. The zero-order chi connectivity index (χ0) is 16.5. The lowest BCUT2D eigenvalue weighted by molar-refractivity contribution is 1.20. The molecule has 1 heterocycles. The average molecular weight is 307 g/mol. The van der Waals surface area contributed by atoms with Crippen LogP contribution in [0.1, 0.15) is 16.8 Å². The predicted octanol–water partition coefficient (Wildman–Crippen LogP) is 3.31. The third-order valence-electron chi connectivity index (χ3n) is 3.91. The van der Waals surface area contributed by atoms with E-state index in [4.69, 9.17) is 10.5 Å². The molecule has 0 aliphatic heterocycles. The Balaban J connectivity index is 1.89. The highest BCUT2D eigenvalue weighted by Crippen LogP contribution is 2.35. The molecule has 0 unspecified atom stereocenters. The number of fused-ring (bicyclic) bond motifs is 3. The minimum atomic E-state index is 0.547. The summed E-state index contributed by atoms with van der Waals surface area (Å²) in [7, 11) is 0. The van der Waals surface area contributed by atoms with Gasteiger partial charge in [-0.2, -0.15) is 15.5 Å². The maximum Gasteiger partial charge on any atom is 0.206 e. The van der Waals surface area contributed by atoms with E-state index >= 15 is 0 Å². The Kier molecular flexibility index (Phi) is 3.12. The summed E-state index contributed by atoms with van der Waals surface area (Å²) >= 11 is 0. The van der Waals surface area contributed by atoms with Gasteiger partial charge in [-0.25, -0.2) is 4.98 Å². The summed E-state index contributed by atoms with van der Waals surface area (Å²) in [6, 6.07) is 16.9. The van der Waals surface area contributed by atoms with E-state index in [1.165, 1.54) is 0 Å². The summed E-state index contributed by atoms with van der Waals surface area (Å²) in [6.07, 6.45) is 3.55. The molecule has 1 aromatic heterocycles. The number of hydrogen-bond acceptors (Lipinski definition) is 5. The van der Waals surface area contributed by atoms with Crippen LogP contribution in [-0.2, 0) is 0 Å². The molecule has 0 N–H and O–H groups in total. The number of benzene rings is 2. The van der Waals surface area contributed by atoms with E-state index in [1.807, 2.05) is 42.6 Å². The molecule has 0 saturated carbocycles. The van der Waals surface area contributed by atoms with Crippen LogP contribution in [0.2, 0.25) is 0 Å². The first-order valence-corrected chi connectivity index (χ1v) is 7.26. The quantitative estimate of drug-likeness (QED) is 0.505. The zero-order valence-electron chi connectivity index (χ0n) is 12.4. The van der Waals surface area contributed by atoms with Crippen molar-refractivity contribution in [1.29, 1.82) is 10.5 Å². The number of nitrogens with zero attached hydrogens (tertiary/aromatic N) is 5. The fraction of sp³-hybridized carbons (Fsp3) is 0. The fourth-order valence-electron chi connectivity index (χ4n) is 2.79. The van der Waals surface area contributed by atoms with Gasteiger partial charge in [0.15, 0.2) is 0 Å². The average Bonchev–Trinajstić information content (AvgIpc) is 2.96. The lowest BCUT2D eigenvalue weighted by Crippen LogP contribution is -2.02. The molecule has 0 fully saturated rings. The van der Waals surface area contributed by atoms with Gasteiger partial charge in [-0.3, -0.25) is 4.98 Å². The van der Waals surface area contributed by atoms with E-state index < -0.39 is 0 Å². The highest BCUT2D eigenvalue weighted by Gasteiger charge is 2.28. The van der Waals surface area contributed by atoms with Gasteiger partial charge in [-0.15, -0.1) is 0 Å². The summed E-state index contributed by atoms with van der Waals surface area (Å²) < 4.78 is 0. The molecule has 0 saturated heterocycles. The second-order valence-electron chi connectivity index (χ2n) is 5.25. The Morgan fingerprint density at radius 3 is 2.33 bits per heavy atom. The van der Waals surface area contributed by atoms with E-state index in [-0.39, 0.29) is 0 Å². The number of aliphatic imine (C=N–C) groups is 1. The van der Waals surface area contributed by atoms with E-state index in [1.54, 1.807) is 18.3 Å². The van der Waals surface area contributed by atoms with Gasteiger partial charge in [0.25, 0.3) is 0 Å². The maximum atomic E-state index is 9.01. The van der Waals surface area contributed by atoms with Crippen LogP contribution in [0, 0.1) is 22.8 Å². The normalized spacial score (nSPS) is 13.0. The maximum absolute atomic E-state index is 9.01. The standard InChI is InChI=1S/C19H9N5/c20-9-12-5-7-13(8-6-12)16-10-22-17-14-3-1-2-4-15(14)18(23-11-21)19(17)24-16/h1-8,10H/b23-18+. The minimum absolute atomic E-state index is 0.547. The predicted molar refractivity (Wildman–Crippen MR) is 88.9 cm³/mol. The van der Waals surface area contributed by atoms with Crippen molar-refractivity contribution in [2.75, 3.05) is 0 Å². The lowest BCUT2D eigenvalue weighted by atomic mass is 10.1. The molecule has 0 spiro atoms. The van der Waals surface area contributed by atoms with Crippen molar-refractivity contribution < 1.29 is 0 Å². The van der Waals surface area contributed by atoms with Crippen LogP contribution in [0.25, 0.3) is 22.5 Å². The molecule has 0 atom stereocenters. The van der Waals surface area contributed by atoms with Crippen molar-refractivity contribution in [3.05, 3.63) is 71.5 Å². The molecule has 0 bridgehead atoms. The van der Waals surface area contributed by atoms with Gasteiger partial charge in [-0.1, -0.05) is 36.4 Å². The van der Waals surface area contributed by atoms with Gasteiger partial charge < -0.3 is 0 Å². The molecule has 3 aromatic rings. The van der Waals surface area contributed by atoms with Crippen LogP contribution in [0.4, 0.5) is 0 Å². The van der Waals surface area contributed by atoms with Crippen LogP contribution >= 0.6 is 0 Å². The van der Waals surface area contributed by atoms with Crippen LogP contribution in [0.3, 0.4) is 0 Å². The van der Waals surface area contributed by atoms with Crippen molar-refractivity contribution >= 4 is 5.71 Å². The molecule has 1 aliphatic rings. The van der Waals surface area contributed by atoms with Crippen molar-refractivity contribution in [3.63, 3.8) is 0 Å². The molecule has 0 radical (unpaired) electrons. The molecule has 5 nitrogen and oxygen atoms in total. The first-order valence-electron chi connectivity index (χ1n) is 7.26. The summed E-state index contributed by atoms with van der Waals surface area (Å²) in [5, 5.41) is 17.9. The highest BCUT2D eigenvalue weighted by molar-refractivity contribution is 6.23. The van der Waals surface area contributed by atoms with Gasteiger partial charge in [0.2, 0.25) is 6.19 Å². The third-order valence-corrected chi connectivity index (χ3v) is 3.91. The van der Waals surface area contributed by atoms with Gasteiger partial charge in [0.1, 0.15) is 11.4 Å². The van der Waals surface area contributed by atoms with Crippen molar-refractivity contribution in [2.24, 2.45) is 4.99 Å². The molecule has 0 amide bonds. The smallest absolute Gasteiger partial charge is 0.206 e. The van der Waals surface area contributed by atoms with Crippen molar-refractivity contribution in [3.8, 4) is 34.8 Å². The molecule has 110 valence electrons. The van der Waals surface area contributed by atoms with E-state index in [0.717, 1.165) is 22.4 Å². The van der Waals surface area contributed by atoms with Gasteiger partial charge in [0.05, 0.1) is 29.2 Å². The summed E-state index contributed by atoms with van der Waals surface area (Å²) in [5.41, 5.74) is 5.81. The fourth-order valence-corrected chi connectivity index (χ4v) is 2.79. The number of hydrogen-bond donors (Lipinski definition) is 0. The van der Waals surface area contributed by atoms with Crippen LogP contribution in [0.5, 0.6) is 0 Å². The molecule has 1 aliphatic carbocycles. The highest BCUT2D eigenvalue weighted by atomic mass is 14.9.